The first-order chi connectivity index (χ1) is 6.25. The number of ether oxygens (including phenoxy) is 1. The first kappa shape index (κ1) is 8.52. The zero-order chi connectivity index (χ0) is 9.26. The minimum Gasteiger partial charge on any atom is -0.423 e. The van der Waals surface area contributed by atoms with Crippen molar-refractivity contribution in [3.05, 3.63) is 34.3 Å². The largest absolute Gasteiger partial charge is 0.423 e. The number of halogens is 1. The van der Waals surface area contributed by atoms with Crippen LogP contribution in [0.1, 0.15) is 11.8 Å². The maximum atomic E-state index is 10.7. The molecule has 0 spiro atoms. The number of rotatable bonds is 1. The third kappa shape index (κ3) is 1.81. The fourth-order valence-electron chi connectivity index (χ4n) is 1.11. The average Bonchev–Trinajstić information content (AvgIpc) is 2.52. The Hall–Kier alpha value is -1.07. The van der Waals surface area contributed by atoms with Gasteiger partial charge in [-0.2, -0.15) is 5.43 Å². The van der Waals surface area contributed by atoms with Crippen molar-refractivity contribution >= 4 is 22.0 Å². The van der Waals surface area contributed by atoms with Gasteiger partial charge in [-0.1, -0.05) is 28.1 Å². The number of carbonyl (C=O) groups excluding carboxylic acids is 1. The summed E-state index contributed by atoms with van der Waals surface area (Å²) in [6.07, 6.45) is -0.852. The number of hydrogen-bond acceptors (Lipinski definition) is 3. The second-order valence-corrected chi connectivity index (χ2v) is 3.53. The van der Waals surface area contributed by atoms with E-state index in [4.69, 9.17) is 4.74 Å². The molecule has 0 saturated carbocycles. The van der Waals surface area contributed by atoms with E-state index in [0.29, 0.717) is 0 Å². The zero-order valence-corrected chi connectivity index (χ0v) is 8.17. The lowest BCUT2D eigenvalue weighted by Crippen LogP contribution is -2.26. The van der Waals surface area contributed by atoms with E-state index in [1.807, 2.05) is 24.3 Å². The molecule has 1 aromatic carbocycles. The molecule has 1 aliphatic heterocycles. The highest BCUT2D eigenvalue weighted by molar-refractivity contribution is 9.10. The number of benzene rings is 1. The van der Waals surface area contributed by atoms with Gasteiger partial charge in [-0.25, -0.2) is 4.79 Å². The van der Waals surface area contributed by atoms with Gasteiger partial charge in [-0.05, 0) is 12.1 Å². The number of carbonyl (C=O) groups is 1. The van der Waals surface area contributed by atoms with Crippen LogP contribution < -0.4 is 10.9 Å². The summed E-state index contributed by atoms with van der Waals surface area (Å²) in [5.74, 6) is 0. The summed E-state index contributed by atoms with van der Waals surface area (Å²) in [4.78, 5) is 10.7. The fraction of sp³-hybridized carbons (Fsp3) is 0.125. The molecule has 1 atom stereocenters. The summed E-state index contributed by atoms with van der Waals surface area (Å²) in [6.45, 7) is 0. The van der Waals surface area contributed by atoms with Crippen molar-refractivity contribution in [2.24, 2.45) is 0 Å². The van der Waals surface area contributed by atoms with E-state index in [1.165, 1.54) is 0 Å². The maximum Gasteiger partial charge on any atom is 0.423 e. The average molecular weight is 243 g/mol. The van der Waals surface area contributed by atoms with Crippen molar-refractivity contribution in [2.45, 2.75) is 6.23 Å². The van der Waals surface area contributed by atoms with Crippen molar-refractivity contribution in [1.82, 2.24) is 10.9 Å². The highest BCUT2D eigenvalue weighted by atomic mass is 79.9. The van der Waals surface area contributed by atoms with Crippen molar-refractivity contribution in [1.29, 1.82) is 0 Å². The lowest BCUT2D eigenvalue weighted by atomic mass is 10.2. The van der Waals surface area contributed by atoms with Gasteiger partial charge in [0.2, 0.25) is 0 Å². The molecule has 1 unspecified atom stereocenters. The van der Waals surface area contributed by atoms with Gasteiger partial charge in [-0.3, -0.25) is 5.43 Å². The Bertz CT molecular complexity index is 343. The smallest absolute Gasteiger partial charge is 0.423 e. The van der Waals surface area contributed by atoms with E-state index in [1.54, 1.807) is 0 Å². The minimum absolute atomic E-state index is 0.398. The van der Waals surface area contributed by atoms with E-state index in [-0.39, 0.29) is 0 Å². The first-order valence-corrected chi connectivity index (χ1v) is 4.52. The number of hydrogen-bond donors (Lipinski definition) is 2. The molecular formula is C8H7BrN2O2. The summed E-state index contributed by atoms with van der Waals surface area (Å²) in [5, 5.41) is 0. The topological polar surface area (TPSA) is 50.4 Å². The minimum atomic E-state index is -0.454. The summed E-state index contributed by atoms with van der Waals surface area (Å²) >= 11 is 3.34. The van der Waals surface area contributed by atoms with Gasteiger partial charge in [-0.15, -0.1) is 0 Å². The van der Waals surface area contributed by atoms with Crippen molar-refractivity contribution in [2.75, 3.05) is 0 Å². The van der Waals surface area contributed by atoms with Crippen molar-refractivity contribution in [3.8, 4) is 0 Å². The van der Waals surface area contributed by atoms with Gasteiger partial charge in [0.1, 0.15) is 0 Å². The van der Waals surface area contributed by atoms with Crippen LogP contribution in [-0.2, 0) is 4.74 Å². The molecule has 0 aromatic heterocycles. The molecule has 1 aromatic rings. The second kappa shape index (κ2) is 3.35. The molecule has 0 bridgehead atoms. The normalized spacial score (nSPS) is 21.0. The Labute approximate surface area is 83.4 Å². The Morgan fingerprint density at radius 3 is 2.92 bits per heavy atom. The Balaban J connectivity index is 2.21. The summed E-state index contributed by atoms with van der Waals surface area (Å²) < 4.78 is 5.87. The Morgan fingerprint density at radius 2 is 2.31 bits per heavy atom. The number of nitrogens with one attached hydrogen (secondary N) is 2. The molecule has 68 valence electrons. The summed E-state index contributed by atoms with van der Waals surface area (Å²) in [7, 11) is 0. The van der Waals surface area contributed by atoms with E-state index >= 15 is 0 Å². The van der Waals surface area contributed by atoms with E-state index in [2.05, 4.69) is 26.8 Å². The van der Waals surface area contributed by atoms with Crippen molar-refractivity contribution < 1.29 is 9.53 Å². The highest BCUT2D eigenvalue weighted by Crippen LogP contribution is 2.20. The summed E-state index contributed by atoms with van der Waals surface area (Å²) in [6, 6.07) is 7.56. The summed E-state index contributed by atoms with van der Waals surface area (Å²) in [5.41, 5.74) is 5.96. The zero-order valence-electron chi connectivity index (χ0n) is 6.58. The predicted octanol–water partition coefficient (Wildman–Crippen LogP) is 1.69. The molecule has 2 N–H and O–H groups in total. The van der Waals surface area contributed by atoms with Crippen LogP contribution in [0, 0.1) is 0 Å². The third-order valence-electron chi connectivity index (χ3n) is 1.68. The molecule has 5 heteroatoms. The number of amides is 1. The van der Waals surface area contributed by atoms with Gasteiger partial charge in [0.15, 0.2) is 6.23 Å². The maximum absolute atomic E-state index is 10.7. The molecule has 1 heterocycles. The van der Waals surface area contributed by atoms with E-state index in [9.17, 15) is 4.79 Å². The number of hydrazine groups is 1. The Kier molecular flexibility index (Phi) is 2.20. The molecule has 0 aliphatic carbocycles. The Morgan fingerprint density at radius 1 is 1.46 bits per heavy atom. The van der Waals surface area contributed by atoms with E-state index < -0.39 is 12.3 Å². The van der Waals surface area contributed by atoms with Gasteiger partial charge in [0.25, 0.3) is 0 Å². The van der Waals surface area contributed by atoms with Crippen LogP contribution in [0.3, 0.4) is 0 Å². The predicted molar refractivity (Wildman–Crippen MR) is 49.6 cm³/mol. The van der Waals surface area contributed by atoms with Gasteiger partial charge in [0, 0.05) is 10.0 Å². The van der Waals surface area contributed by atoms with E-state index in [0.717, 1.165) is 10.0 Å². The van der Waals surface area contributed by atoms with Crippen LogP contribution in [-0.4, -0.2) is 6.09 Å². The molecular weight excluding hydrogens is 236 g/mol. The van der Waals surface area contributed by atoms with Crippen LogP contribution in [0.15, 0.2) is 28.7 Å². The fourth-order valence-corrected chi connectivity index (χ4v) is 1.53. The molecule has 0 radical (unpaired) electrons. The molecule has 1 fully saturated rings. The lowest BCUT2D eigenvalue weighted by molar-refractivity contribution is 0.130. The van der Waals surface area contributed by atoms with Crippen LogP contribution in [0.2, 0.25) is 0 Å². The SMILES string of the molecule is O=C1NNC(c2cccc(Br)c2)O1. The quantitative estimate of drug-likeness (QED) is 0.789. The molecule has 1 aliphatic rings. The van der Waals surface area contributed by atoms with Crippen LogP contribution in [0.5, 0.6) is 0 Å². The van der Waals surface area contributed by atoms with Gasteiger partial charge < -0.3 is 4.74 Å². The molecule has 13 heavy (non-hydrogen) atoms. The van der Waals surface area contributed by atoms with Crippen LogP contribution >= 0.6 is 15.9 Å². The molecule has 1 amide bonds. The molecule has 2 rings (SSSR count). The highest BCUT2D eigenvalue weighted by Gasteiger charge is 2.23. The lowest BCUT2D eigenvalue weighted by Gasteiger charge is -2.07. The standard InChI is InChI=1S/C8H7BrN2O2/c9-6-3-1-2-5(4-6)7-10-11-8(12)13-7/h1-4,7,10H,(H,11,12). The number of cyclic esters (lactones) is 1. The van der Waals surface area contributed by atoms with Gasteiger partial charge in [0.05, 0.1) is 0 Å². The van der Waals surface area contributed by atoms with Crippen molar-refractivity contribution in [3.63, 3.8) is 0 Å². The second-order valence-electron chi connectivity index (χ2n) is 2.61. The van der Waals surface area contributed by atoms with Crippen LogP contribution in [0.25, 0.3) is 0 Å². The van der Waals surface area contributed by atoms with Crippen LogP contribution in [0.4, 0.5) is 4.79 Å². The monoisotopic (exact) mass is 242 g/mol. The third-order valence-corrected chi connectivity index (χ3v) is 2.17. The van der Waals surface area contributed by atoms with Gasteiger partial charge >= 0.3 is 6.09 Å². The molecule has 4 nitrogen and oxygen atoms in total. The first-order valence-electron chi connectivity index (χ1n) is 3.73. The molecule has 1 saturated heterocycles.